The quantitative estimate of drug-likeness (QED) is 0.848. The minimum absolute atomic E-state index is 0.276. The number of hydrogen-bond acceptors (Lipinski definition) is 3. The van der Waals surface area contributed by atoms with Crippen molar-refractivity contribution in [2.24, 2.45) is 0 Å². The van der Waals surface area contributed by atoms with Gasteiger partial charge in [-0.2, -0.15) is 0 Å². The van der Waals surface area contributed by atoms with Gasteiger partial charge in [0.05, 0.1) is 17.4 Å². The monoisotopic (exact) mass is 235 g/mol. The average Bonchev–Trinajstić information content (AvgIpc) is 2.27. The molecule has 4 nitrogen and oxygen atoms in total. The van der Waals surface area contributed by atoms with Crippen LogP contribution in [0.1, 0.15) is 19.7 Å². The SMILES string of the molecule is CC(C)NCc1nc2ccc(F)cc2c(=O)[nH]1. The number of benzene rings is 1. The molecule has 0 amide bonds. The summed E-state index contributed by atoms with van der Waals surface area (Å²) in [5, 5.41) is 3.43. The first-order valence-corrected chi connectivity index (χ1v) is 5.48. The molecule has 0 spiro atoms. The lowest BCUT2D eigenvalue weighted by atomic mass is 10.2. The molecule has 1 aromatic carbocycles. The number of aromatic nitrogens is 2. The lowest BCUT2D eigenvalue weighted by Crippen LogP contribution is -2.25. The Kier molecular flexibility index (Phi) is 3.19. The van der Waals surface area contributed by atoms with Crippen molar-refractivity contribution in [1.82, 2.24) is 15.3 Å². The van der Waals surface area contributed by atoms with Gasteiger partial charge in [0, 0.05) is 6.04 Å². The Labute approximate surface area is 97.9 Å². The van der Waals surface area contributed by atoms with E-state index in [4.69, 9.17) is 0 Å². The largest absolute Gasteiger partial charge is 0.309 e. The van der Waals surface area contributed by atoms with Crippen molar-refractivity contribution in [3.05, 3.63) is 40.2 Å². The Morgan fingerprint density at radius 3 is 2.94 bits per heavy atom. The zero-order valence-corrected chi connectivity index (χ0v) is 9.75. The van der Waals surface area contributed by atoms with Crippen molar-refractivity contribution in [3.63, 3.8) is 0 Å². The molecule has 0 saturated heterocycles. The van der Waals surface area contributed by atoms with Crippen molar-refractivity contribution in [2.45, 2.75) is 26.4 Å². The lowest BCUT2D eigenvalue weighted by Gasteiger charge is -2.07. The molecule has 1 heterocycles. The Morgan fingerprint density at radius 2 is 2.24 bits per heavy atom. The zero-order chi connectivity index (χ0) is 12.4. The Bertz CT molecular complexity index is 592. The molecular formula is C12H14FN3O. The van der Waals surface area contributed by atoms with Gasteiger partial charge in [-0.1, -0.05) is 13.8 Å². The standard InChI is InChI=1S/C12H14FN3O/c1-7(2)14-6-11-15-10-4-3-8(13)5-9(10)12(17)16-11/h3-5,7,14H,6H2,1-2H3,(H,15,16,17). The Balaban J connectivity index is 2.42. The van der Waals surface area contributed by atoms with Crippen molar-refractivity contribution in [2.75, 3.05) is 0 Å². The van der Waals surface area contributed by atoms with E-state index in [9.17, 15) is 9.18 Å². The van der Waals surface area contributed by atoms with Gasteiger partial charge in [-0.05, 0) is 18.2 Å². The van der Waals surface area contributed by atoms with E-state index >= 15 is 0 Å². The molecule has 0 aliphatic rings. The van der Waals surface area contributed by atoms with E-state index < -0.39 is 5.82 Å². The number of nitrogens with zero attached hydrogens (tertiary/aromatic N) is 1. The van der Waals surface area contributed by atoms with Crippen LogP contribution in [0.5, 0.6) is 0 Å². The highest BCUT2D eigenvalue weighted by Gasteiger charge is 2.05. The number of nitrogens with one attached hydrogen (secondary N) is 2. The summed E-state index contributed by atoms with van der Waals surface area (Å²) in [6, 6.07) is 4.32. The maximum atomic E-state index is 13.0. The summed E-state index contributed by atoms with van der Waals surface area (Å²) in [4.78, 5) is 18.6. The maximum Gasteiger partial charge on any atom is 0.258 e. The summed E-state index contributed by atoms with van der Waals surface area (Å²) in [5.74, 6) is 0.126. The first-order chi connectivity index (χ1) is 8.06. The van der Waals surface area contributed by atoms with Gasteiger partial charge in [0.2, 0.25) is 0 Å². The average molecular weight is 235 g/mol. The summed E-state index contributed by atoms with van der Waals surface area (Å²) in [6.45, 7) is 4.50. The fourth-order valence-corrected chi connectivity index (χ4v) is 1.54. The van der Waals surface area contributed by atoms with Crippen LogP contribution in [0.3, 0.4) is 0 Å². The van der Waals surface area contributed by atoms with Gasteiger partial charge >= 0.3 is 0 Å². The third-order valence-electron chi connectivity index (χ3n) is 2.39. The van der Waals surface area contributed by atoms with Gasteiger partial charge in [-0.25, -0.2) is 9.37 Å². The molecule has 0 aliphatic heterocycles. The molecule has 0 atom stereocenters. The van der Waals surface area contributed by atoms with Crippen LogP contribution >= 0.6 is 0 Å². The van der Waals surface area contributed by atoms with Gasteiger partial charge in [0.1, 0.15) is 11.6 Å². The fraction of sp³-hybridized carbons (Fsp3) is 0.333. The number of halogens is 1. The van der Waals surface area contributed by atoms with Crippen LogP contribution in [0.25, 0.3) is 10.9 Å². The number of fused-ring (bicyclic) bond motifs is 1. The van der Waals surface area contributed by atoms with Crippen LogP contribution in [-0.4, -0.2) is 16.0 Å². The van der Waals surface area contributed by atoms with E-state index in [0.29, 0.717) is 23.9 Å². The van der Waals surface area contributed by atoms with Crippen LogP contribution in [-0.2, 0) is 6.54 Å². The normalized spacial score (nSPS) is 11.3. The molecule has 2 rings (SSSR count). The van der Waals surface area contributed by atoms with Crippen LogP contribution in [0, 0.1) is 5.82 Å². The second-order valence-corrected chi connectivity index (χ2v) is 4.21. The smallest absolute Gasteiger partial charge is 0.258 e. The van der Waals surface area contributed by atoms with Gasteiger partial charge in [-0.15, -0.1) is 0 Å². The molecule has 0 saturated carbocycles. The molecule has 2 N–H and O–H groups in total. The van der Waals surface area contributed by atoms with E-state index in [1.807, 2.05) is 13.8 Å². The zero-order valence-electron chi connectivity index (χ0n) is 9.75. The summed E-state index contributed by atoms with van der Waals surface area (Å²) in [7, 11) is 0. The van der Waals surface area contributed by atoms with Crippen LogP contribution in [0.2, 0.25) is 0 Å². The Morgan fingerprint density at radius 1 is 1.47 bits per heavy atom. The van der Waals surface area contributed by atoms with Crippen LogP contribution in [0.15, 0.2) is 23.0 Å². The minimum atomic E-state index is -0.433. The predicted molar refractivity (Wildman–Crippen MR) is 64.3 cm³/mol. The number of hydrogen-bond donors (Lipinski definition) is 2. The topological polar surface area (TPSA) is 57.8 Å². The first kappa shape index (κ1) is 11.7. The van der Waals surface area contributed by atoms with Crippen LogP contribution in [0.4, 0.5) is 4.39 Å². The van der Waals surface area contributed by atoms with E-state index in [2.05, 4.69) is 15.3 Å². The number of H-pyrrole nitrogens is 1. The van der Waals surface area contributed by atoms with E-state index in [0.717, 1.165) is 0 Å². The first-order valence-electron chi connectivity index (χ1n) is 5.48. The summed E-state index contributed by atoms with van der Waals surface area (Å²) >= 11 is 0. The summed E-state index contributed by atoms with van der Waals surface area (Å²) in [5.41, 5.74) is 0.200. The van der Waals surface area contributed by atoms with E-state index in [1.54, 1.807) is 0 Å². The van der Waals surface area contributed by atoms with E-state index in [-0.39, 0.29) is 10.9 Å². The summed E-state index contributed by atoms with van der Waals surface area (Å²) in [6.07, 6.45) is 0. The van der Waals surface area contributed by atoms with Crippen molar-refractivity contribution >= 4 is 10.9 Å². The molecule has 1 aromatic heterocycles. The van der Waals surface area contributed by atoms with Crippen LogP contribution < -0.4 is 10.9 Å². The minimum Gasteiger partial charge on any atom is -0.309 e. The second kappa shape index (κ2) is 4.63. The molecule has 0 radical (unpaired) electrons. The third-order valence-corrected chi connectivity index (χ3v) is 2.39. The molecule has 0 fully saturated rings. The highest BCUT2D eigenvalue weighted by Crippen LogP contribution is 2.08. The molecule has 17 heavy (non-hydrogen) atoms. The van der Waals surface area contributed by atoms with E-state index in [1.165, 1.54) is 18.2 Å². The van der Waals surface area contributed by atoms with Crippen molar-refractivity contribution in [1.29, 1.82) is 0 Å². The lowest BCUT2D eigenvalue weighted by molar-refractivity contribution is 0.572. The highest BCUT2D eigenvalue weighted by atomic mass is 19.1. The molecule has 5 heteroatoms. The van der Waals surface area contributed by atoms with Gasteiger partial charge in [0.15, 0.2) is 0 Å². The molecule has 0 aliphatic carbocycles. The summed E-state index contributed by atoms with van der Waals surface area (Å²) < 4.78 is 13.0. The van der Waals surface area contributed by atoms with Gasteiger partial charge < -0.3 is 10.3 Å². The second-order valence-electron chi connectivity index (χ2n) is 4.21. The molecular weight excluding hydrogens is 221 g/mol. The molecule has 0 bridgehead atoms. The fourth-order valence-electron chi connectivity index (χ4n) is 1.54. The van der Waals surface area contributed by atoms with Gasteiger partial charge in [0.25, 0.3) is 5.56 Å². The van der Waals surface area contributed by atoms with Crippen molar-refractivity contribution < 1.29 is 4.39 Å². The molecule has 90 valence electrons. The van der Waals surface area contributed by atoms with Gasteiger partial charge in [-0.3, -0.25) is 4.79 Å². The maximum absolute atomic E-state index is 13.0. The van der Waals surface area contributed by atoms with Crippen molar-refractivity contribution in [3.8, 4) is 0 Å². The number of rotatable bonds is 3. The molecule has 0 unspecified atom stereocenters. The predicted octanol–water partition coefficient (Wildman–Crippen LogP) is 1.56. The third kappa shape index (κ3) is 2.68. The Hall–Kier alpha value is -1.75. The number of aromatic amines is 1. The molecule has 2 aromatic rings. The highest BCUT2D eigenvalue weighted by molar-refractivity contribution is 5.77.